The average Bonchev–Trinajstić information content (AvgIpc) is 2.38. The molecule has 0 amide bonds. The van der Waals surface area contributed by atoms with Crippen LogP contribution in [0, 0.1) is 5.82 Å². The van der Waals surface area contributed by atoms with E-state index in [-0.39, 0.29) is 5.56 Å². The Labute approximate surface area is 104 Å². The first-order valence-corrected chi connectivity index (χ1v) is 5.60. The lowest BCUT2D eigenvalue weighted by atomic mass is 10.0. The van der Waals surface area contributed by atoms with Crippen LogP contribution in [0.25, 0.3) is 11.1 Å². The summed E-state index contributed by atoms with van der Waals surface area (Å²) in [5.41, 5.74) is 2.06. The van der Waals surface area contributed by atoms with E-state index in [1.54, 1.807) is 12.3 Å². The Bertz CT molecular complexity index is 596. The highest BCUT2D eigenvalue weighted by Gasteiger charge is 2.10. The lowest BCUT2D eigenvalue weighted by Crippen LogP contribution is -1.99. The summed E-state index contributed by atoms with van der Waals surface area (Å²) >= 11 is 0. The second-order valence-electron chi connectivity index (χ2n) is 3.88. The van der Waals surface area contributed by atoms with E-state index in [1.807, 2.05) is 13.0 Å². The number of rotatable bonds is 3. The number of aromatic carboxylic acids is 1. The summed E-state index contributed by atoms with van der Waals surface area (Å²) in [6, 6.07) is 7.35. The van der Waals surface area contributed by atoms with Gasteiger partial charge in [-0.15, -0.1) is 0 Å². The van der Waals surface area contributed by atoms with E-state index in [2.05, 4.69) is 4.98 Å². The Balaban J connectivity index is 2.60. The highest BCUT2D eigenvalue weighted by atomic mass is 19.1. The van der Waals surface area contributed by atoms with Gasteiger partial charge >= 0.3 is 5.97 Å². The lowest BCUT2D eigenvalue weighted by molar-refractivity contribution is 0.0696. The Morgan fingerprint density at radius 2 is 2.17 bits per heavy atom. The molecule has 0 aliphatic heterocycles. The number of benzene rings is 1. The molecule has 0 spiro atoms. The van der Waals surface area contributed by atoms with E-state index in [9.17, 15) is 9.18 Å². The predicted molar refractivity (Wildman–Crippen MR) is 66.0 cm³/mol. The van der Waals surface area contributed by atoms with Crippen molar-refractivity contribution in [3.8, 4) is 11.1 Å². The molecule has 2 rings (SSSR count). The van der Waals surface area contributed by atoms with Crippen LogP contribution in [0.15, 0.2) is 36.5 Å². The fourth-order valence-electron chi connectivity index (χ4n) is 1.85. The largest absolute Gasteiger partial charge is 0.478 e. The molecule has 0 saturated heterocycles. The van der Waals surface area contributed by atoms with Crippen LogP contribution < -0.4 is 0 Å². The summed E-state index contributed by atoms with van der Waals surface area (Å²) in [6.07, 6.45) is 2.37. The molecule has 18 heavy (non-hydrogen) atoms. The monoisotopic (exact) mass is 245 g/mol. The Morgan fingerprint density at radius 1 is 1.39 bits per heavy atom. The number of pyridine rings is 1. The van der Waals surface area contributed by atoms with Crippen LogP contribution in [0.4, 0.5) is 4.39 Å². The zero-order chi connectivity index (χ0) is 13.1. The molecule has 1 N–H and O–H groups in total. The van der Waals surface area contributed by atoms with Gasteiger partial charge in [0.2, 0.25) is 0 Å². The van der Waals surface area contributed by atoms with E-state index >= 15 is 0 Å². The van der Waals surface area contributed by atoms with Gasteiger partial charge in [0.25, 0.3) is 0 Å². The number of carboxylic acids is 1. The summed E-state index contributed by atoms with van der Waals surface area (Å²) in [5, 5.41) is 8.92. The van der Waals surface area contributed by atoms with Crippen molar-refractivity contribution in [3.63, 3.8) is 0 Å². The van der Waals surface area contributed by atoms with Crippen LogP contribution in [-0.2, 0) is 6.42 Å². The van der Waals surface area contributed by atoms with E-state index in [1.165, 1.54) is 12.1 Å². The van der Waals surface area contributed by atoms with Gasteiger partial charge in [0.15, 0.2) is 0 Å². The average molecular weight is 245 g/mol. The van der Waals surface area contributed by atoms with Crippen LogP contribution in [0.5, 0.6) is 0 Å². The first-order chi connectivity index (χ1) is 8.61. The van der Waals surface area contributed by atoms with Crippen molar-refractivity contribution >= 4 is 5.97 Å². The van der Waals surface area contributed by atoms with Crippen LogP contribution in [-0.4, -0.2) is 16.1 Å². The lowest BCUT2D eigenvalue weighted by Gasteiger charge is -2.08. The molecule has 0 saturated carbocycles. The third-order valence-corrected chi connectivity index (χ3v) is 2.68. The van der Waals surface area contributed by atoms with Gasteiger partial charge in [-0.25, -0.2) is 9.18 Å². The van der Waals surface area contributed by atoms with Gasteiger partial charge < -0.3 is 5.11 Å². The number of carbonyl (C=O) groups is 1. The van der Waals surface area contributed by atoms with E-state index in [4.69, 9.17) is 5.11 Å². The molecule has 1 aromatic heterocycles. The minimum absolute atomic E-state index is 0.0593. The summed E-state index contributed by atoms with van der Waals surface area (Å²) in [5.74, 6) is -1.70. The molecule has 0 fully saturated rings. The van der Waals surface area contributed by atoms with Gasteiger partial charge in [-0.2, -0.15) is 0 Å². The number of aryl methyl sites for hydroxylation is 1. The van der Waals surface area contributed by atoms with Crippen molar-refractivity contribution in [2.24, 2.45) is 0 Å². The topological polar surface area (TPSA) is 50.2 Å². The molecule has 1 aromatic carbocycles. The second kappa shape index (κ2) is 4.96. The zero-order valence-corrected chi connectivity index (χ0v) is 9.85. The zero-order valence-electron chi connectivity index (χ0n) is 9.85. The van der Waals surface area contributed by atoms with Crippen LogP contribution in [0.3, 0.4) is 0 Å². The molecule has 1 heterocycles. The Hall–Kier alpha value is -2.23. The van der Waals surface area contributed by atoms with Crippen molar-refractivity contribution in [3.05, 3.63) is 53.6 Å². The molecular formula is C14H12FNO2. The normalized spacial score (nSPS) is 10.3. The first-order valence-electron chi connectivity index (χ1n) is 5.60. The SMILES string of the molecule is CCc1ncccc1-c1cc(F)cc(C(=O)O)c1. The summed E-state index contributed by atoms with van der Waals surface area (Å²) in [4.78, 5) is 15.1. The standard InChI is InChI=1S/C14H12FNO2/c1-2-13-12(4-3-5-16-13)9-6-10(14(17)18)8-11(15)7-9/h3-8H,2H2,1H3,(H,17,18). The van der Waals surface area contributed by atoms with E-state index < -0.39 is 11.8 Å². The summed E-state index contributed by atoms with van der Waals surface area (Å²) < 4.78 is 13.4. The van der Waals surface area contributed by atoms with Crippen molar-refractivity contribution in [1.82, 2.24) is 4.98 Å². The second-order valence-corrected chi connectivity index (χ2v) is 3.88. The van der Waals surface area contributed by atoms with Crippen molar-refractivity contribution in [2.45, 2.75) is 13.3 Å². The predicted octanol–water partition coefficient (Wildman–Crippen LogP) is 3.15. The molecule has 0 radical (unpaired) electrons. The molecule has 0 aliphatic carbocycles. The van der Waals surface area contributed by atoms with Gasteiger partial charge in [-0.05, 0) is 36.2 Å². The minimum Gasteiger partial charge on any atom is -0.478 e. The number of carboxylic acid groups (broad SMARTS) is 1. The number of nitrogens with zero attached hydrogens (tertiary/aromatic N) is 1. The molecule has 0 bridgehead atoms. The molecule has 0 unspecified atom stereocenters. The third kappa shape index (κ3) is 2.37. The minimum atomic E-state index is -1.14. The van der Waals surface area contributed by atoms with Crippen LogP contribution in [0.1, 0.15) is 23.0 Å². The molecule has 0 aliphatic rings. The van der Waals surface area contributed by atoms with Gasteiger partial charge in [0, 0.05) is 17.5 Å². The van der Waals surface area contributed by atoms with Crippen molar-refractivity contribution < 1.29 is 14.3 Å². The summed E-state index contributed by atoms with van der Waals surface area (Å²) in [7, 11) is 0. The Kier molecular flexibility index (Phi) is 3.37. The number of halogens is 1. The molecule has 3 nitrogen and oxygen atoms in total. The smallest absolute Gasteiger partial charge is 0.335 e. The quantitative estimate of drug-likeness (QED) is 0.903. The van der Waals surface area contributed by atoms with Gasteiger partial charge in [-0.1, -0.05) is 13.0 Å². The number of aromatic nitrogens is 1. The van der Waals surface area contributed by atoms with Gasteiger partial charge in [0.05, 0.1) is 5.56 Å². The van der Waals surface area contributed by atoms with Gasteiger partial charge in [0.1, 0.15) is 5.82 Å². The fraction of sp³-hybridized carbons (Fsp3) is 0.143. The molecule has 4 heteroatoms. The van der Waals surface area contributed by atoms with E-state index in [0.717, 1.165) is 17.3 Å². The van der Waals surface area contributed by atoms with E-state index in [0.29, 0.717) is 12.0 Å². The first kappa shape index (κ1) is 12.2. The Morgan fingerprint density at radius 3 is 2.83 bits per heavy atom. The number of hydrogen-bond acceptors (Lipinski definition) is 2. The highest BCUT2D eigenvalue weighted by molar-refractivity contribution is 5.89. The maximum atomic E-state index is 13.4. The van der Waals surface area contributed by atoms with Crippen molar-refractivity contribution in [2.75, 3.05) is 0 Å². The maximum Gasteiger partial charge on any atom is 0.335 e. The summed E-state index contributed by atoms with van der Waals surface area (Å²) in [6.45, 7) is 1.95. The van der Waals surface area contributed by atoms with Crippen LogP contribution in [0.2, 0.25) is 0 Å². The van der Waals surface area contributed by atoms with Crippen LogP contribution >= 0.6 is 0 Å². The molecular weight excluding hydrogens is 233 g/mol. The maximum absolute atomic E-state index is 13.4. The fourth-order valence-corrected chi connectivity index (χ4v) is 1.85. The highest BCUT2D eigenvalue weighted by Crippen LogP contribution is 2.24. The molecule has 92 valence electrons. The van der Waals surface area contributed by atoms with Crippen molar-refractivity contribution in [1.29, 1.82) is 0 Å². The van der Waals surface area contributed by atoms with Gasteiger partial charge in [-0.3, -0.25) is 4.98 Å². The molecule has 0 atom stereocenters. The molecule has 2 aromatic rings. The third-order valence-electron chi connectivity index (χ3n) is 2.68. The number of hydrogen-bond donors (Lipinski definition) is 1.